The first-order valence-corrected chi connectivity index (χ1v) is 13.5. The van der Waals surface area contributed by atoms with E-state index in [2.05, 4.69) is 5.32 Å². The number of hydrogen-bond acceptors (Lipinski definition) is 8. The maximum absolute atomic E-state index is 12.1. The lowest BCUT2D eigenvalue weighted by molar-refractivity contribution is -0.122. The van der Waals surface area contributed by atoms with Crippen LogP contribution in [-0.2, 0) is 35.1 Å². The standard InChI is InChI=1S/C19H15NO11S3/c1-20-17(21)8-31-13-6-12-16(34(28,29)30)7-15(33(25,26)27)11-3-2-10-14(32(22,23)24)5-4-9(13)18(10)19(11)12/h2-7H,8H2,1H3,(H,20,21)(H,22,23,24)(H,25,26,27)(H,28,29,30). The van der Waals surface area contributed by atoms with Gasteiger partial charge in [0.1, 0.15) is 20.4 Å². The molecule has 4 aromatic rings. The SMILES string of the molecule is CNC(=O)COc1cc2c(S(=O)(=O)O)cc(S(=O)(=O)O)c3ccc4c(S(=O)(=O)O)ccc1c4c32. The second-order valence-corrected chi connectivity index (χ2v) is 11.4. The fourth-order valence-electron chi connectivity index (χ4n) is 3.85. The average Bonchev–Trinajstić information content (AvgIpc) is 2.72. The molecule has 0 saturated carbocycles. The third kappa shape index (κ3) is 3.91. The minimum atomic E-state index is -5.08. The highest BCUT2D eigenvalue weighted by Gasteiger charge is 2.28. The van der Waals surface area contributed by atoms with Gasteiger partial charge in [0.05, 0.1) is 0 Å². The maximum Gasteiger partial charge on any atom is 0.295 e. The molecule has 0 aliphatic carbocycles. The summed E-state index contributed by atoms with van der Waals surface area (Å²) in [6, 6.07) is 6.25. The van der Waals surface area contributed by atoms with Crippen LogP contribution in [0.5, 0.6) is 5.75 Å². The molecule has 0 atom stereocenters. The van der Waals surface area contributed by atoms with Gasteiger partial charge in [-0.15, -0.1) is 0 Å². The van der Waals surface area contributed by atoms with Crippen LogP contribution in [-0.4, -0.2) is 58.5 Å². The van der Waals surface area contributed by atoms with Crippen molar-refractivity contribution in [3.8, 4) is 5.75 Å². The van der Waals surface area contributed by atoms with E-state index in [9.17, 15) is 43.7 Å². The van der Waals surface area contributed by atoms with Gasteiger partial charge in [0, 0.05) is 39.4 Å². The number of rotatable bonds is 6. The second kappa shape index (κ2) is 7.72. The molecule has 4 N–H and O–H groups in total. The Labute approximate surface area is 192 Å². The molecule has 12 nitrogen and oxygen atoms in total. The number of carbonyl (C=O) groups excluding carboxylic acids is 1. The Morgan fingerprint density at radius 3 is 1.74 bits per heavy atom. The molecule has 180 valence electrons. The monoisotopic (exact) mass is 529 g/mol. The van der Waals surface area contributed by atoms with Gasteiger partial charge in [-0.05, 0) is 24.3 Å². The summed E-state index contributed by atoms with van der Waals surface area (Å²) in [4.78, 5) is 9.35. The summed E-state index contributed by atoms with van der Waals surface area (Å²) in [6.07, 6.45) is 0. The first-order valence-electron chi connectivity index (χ1n) is 9.19. The summed E-state index contributed by atoms with van der Waals surface area (Å²) >= 11 is 0. The van der Waals surface area contributed by atoms with Gasteiger partial charge in [0.25, 0.3) is 36.3 Å². The van der Waals surface area contributed by atoms with Crippen LogP contribution in [0.4, 0.5) is 0 Å². The Bertz CT molecular complexity index is 1830. The molecule has 4 rings (SSSR count). The molecular formula is C19H15NO11S3. The Hall–Kier alpha value is -3.08. The lowest BCUT2D eigenvalue weighted by atomic mass is 9.93. The number of hydrogen-bond donors (Lipinski definition) is 4. The Morgan fingerprint density at radius 1 is 0.735 bits per heavy atom. The van der Waals surface area contributed by atoms with Crippen molar-refractivity contribution in [1.82, 2.24) is 5.32 Å². The van der Waals surface area contributed by atoms with E-state index in [0.29, 0.717) is 6.07 Å². The third-order valence-electron chi connectivity index (χ3n) is 5.22. The van der Waals surface area contributed by atoms with E-state index >= 15 is 0 Å². The molecule has 0 aromatic heterocycles. The molecule has 0 aliphatic heterocycles. The summed E-state index contributed by atoms with van der Waals surface area (Å²) < 4.78 is 107. The van der Waals surface area contributed by atoms with Gasteiger partial charge in [-0.3, -0.25) is 18.5 Å². The van der Waals surface area contributed by atoms with Crippen LogP contribution >= 0.6 is 0 Å². The van der Waals surface area contributed by atoms with E-state index in [4.69, 9.17) is 4.74 Å². The van der Waals surface area contributed by atoms with Crippen molar-refractivity contribution in [1.29, 1.82) is 0 Å². The van der Waals surface area contributed by atoms with Crippen LogP contribution < -0.4 is 10.1 Å². The van der Waals surface area contributed by atoms with Crippen molar-refractivity contribution in [3.63, 3.8) is 0 Å². The third-order valence-corrected chi connectivity index (χ3v) is 7.92. The summed E-state index contributed by atoms with van der Waals surface area (Å²) in [5.41, 5.74) is 0. The van der Waals surface area contributed by atoms with Gasteiger partial charge in [0.2, 0.25) is 0 Å². The molecule has 34 heavy (non-hydrogen) atoms. The number of nitrogens with one attached hydrogen (secondary N) is 1. The predicted octanol–water partition coefficient (Wildman–Crippen LogP) is 1.45. The molecule has 4 aromatic carbocycles. The molecule has 0 heterocycles. The zero-order chi connectivity index (χ0) is 25.2. The summed E-state index contributed by atoms with van der Waals surface area (Å²) in [6.45, 7) is -0.514. The van der Waals surface area contributed by atoms with Crippen LogP contribution in [0.1, 0.15) is 0 Å². The number of carbonyl (C=O) groups is 1. The normalized spacial score (nSPS) is 13.1. The smallest absolute Gasteiger partial charge is 0.295 e. The Morgan fingerprint density at radius 2 is 1.21 bits per heavy atom. The van der Waals surface area contributed by atoms with E-state index in [-0.39, 0.29) is 38.1 Å². The lowest BCUT2D eigenvalue weighted by Gasteiger charge is -2.19. The Balaban J connectivity index is 2.33. The van der Waals surface area contributed by atoms with Crippen LogP contribution in [0, 0.1) is 0 Å². The number of benzene rings is 4. The van der Waals surface area contributed by atoms with Crippen LogP contribution in [0.2, 0.25) is 0 Å². The van der Waals surface area contributed by atoms with Crippen LogP contribution in [0.15, 0.2) is 51.1 Å². The zero-order valence-corrected chi connectivity index (χ0v) is 19.5. The van der Waals surface area contributed by atoms with Crippen molar-refractivity contribution >= 4 is 68.6 Å². The number of likely N-dealkylation sites (N-methyl/N-ethyl adjacent to an activating group) is 1. The summed E-state index contributed by atoms with van der Waals surface area (Å²) in [7, 11) is -13.5. The number of ether oxygens (including phenoxy) is 1. The highest BCUT2D eigenvalue weighted by molar-refractivity contribution is 7.87. The maximum atomic E-state index is 12.1. The van der Waals surface area contributed by atoms with Crippen molar-refractivity contribution < 1.29 is 48.4 Å². The Kier molecular flexibility index (Phi) is 5.47. The van der Waals surface area contributed by atoms with Gasteiger partial charge in [-0.1, -0.05) is 12.1 Å². The molecule has 0 spiro atoms. The van der Waals surface area contributed by atoms with Crippen molar-refractivity contribution in [2.75, 3.05) is 13.7 Å². The van der Waals surface area contributed by atoms with E-state index in [1.165, 1.54) is 13.1 Å². The lowest BCUT2D eigenvalue weighted by Crippen LogP contribution is -2.24. The molecular weight excluding hydrogens is 514 g/mol. The highest BCUT2D eigenvalue weighted by Crippen LogP contribution is 2.45. The first kappa shape index (κ1) is 24.1. The largest absolute Gasteiger partial charge is 0.483 e. The summed E-state index contributed by atoms with van der Waals surface area (Å²) in [5, 5.41) is 1.68. The topological polar surface area (TPSA) is 201 Å². The molecule has 1 amide bonds. The molecule has 0 unspecified atom stereocenters. The molecule has 15 heteroatoms. The van der Waals surface area contributed by atoms with Gasteiger partial charge in [0.15, 0.2) is 6.61 Å². The van der Waals surface area contributed by atoms with Gasteiger partial charge in [-0.2, -0.15) is 25.3 Å². The minimum absolute atomic E-state index is 0.0487. The highest BCUT2D eigenvalue weighted by atomic mass is 32.2. The van der Waals surface area contributed by atoms with E-state index in [0.717, 1.165) is 24.3 Å². The molecule has 0 aliphatic rings. The van der Waals surface area contributed by atoms with E-state index < -0.39 is 57.6 Å². The minimum Gasteiger partial charge on any atom is -0.483 e. The molecule has 0 saturated heterocycles. The van der Waals surface area contributed by atoms with Gasteiger partial charge >= 0.3 is 0 Å². The van der Waals surface area contributed by atoms with Gasteiger partial charge in [-0.25, -0.2) is 0 Å². The fourth-order valence-corrected chi connectivity index (χ4v) is 6.03. The second-order valence-electron chi connectivity index (χ2n) is 7.20. The van der Waals surface area contributed by atoms with Crippen molar-refractivity contribution in [3.05, 3.63) is 36.4 Å². The summed E-state index contributed by atoms with van der Waals surface area (Å²) in [5.74, 6) is -0.646. The molecule has 0 bridgehead atoms. The molecule has 0 radical (unpaired) electrons. The van der Waals surface area contributed by atoms with Crippen LogP contribution in [0.3, 0.4) is 0 Å². The fraction of sp³-hybridized carbons (Fsp3) is 0.105. The van der Waals surface area contributed by atoms with Crippen molar-refractivity contribution in [2.45, 2.75) is 14.7 Å². The first-order chi connectivity index (χ1) is 15.6. The molecule has 0 fully saturated rings. The van der Waals surface area contributed by atoms with E-state index in [1.807, 2.05) is 0 Å². The number of amides is 1. The zero-order valence-electron chi connectivity index (χ0n) is 17.0. The van der Waals surface area contributed by atoms with Crippen LogP contribution in [0.25, 0.3) is 32.3 Å². The average molecular weight is 530 g/mol. The predicted molar refractivity (Wildman–Crippen MR) is 119 cm³/mol. The van der Waals surface area contributed by atoms with E-state index in [1.54, 1.807) is 0 Å². The quantitative estimate of drug-likeness (QED) is 0.208. The van der Waals surface area contributed by atoms with Gasteiger partial charge < -0.3 is 10.1 Å². The van der Waals surface area contributed by atoms with Crippen molar-refractivity contribution in [2.24, 2.45) is 0 Å².